The van der Waals surface area contributed by atoms with Gasteiger partial charge in [0.1, 0.15) is 6.10 Å². The van der Waals surface area contributed by atoms with Crippen LogP contribution in [0, 0.1) is 0 Å². The molecule has 0 bridgehead atoms. The lowest BCUT2D eigenvalue weighted by atomic mass is 10.0. The lowest BCUT2D eigenvalue weighted by Crippen LogP contribution is -2.06. The third-order valence-corrected chi connectivity index (χ3v) is 3.28. The van der Waals surface area contributed by atoms with Crippen molar-refractivity contribution < 1.29 is 5.11 Å². The first kappa shape index (κ1) is 12.8. The lowest BCUT2D eigenvalue weighted by molar-refractivity contribution is 0.209. The van der Waals surface area contributed by atoms with Crippen molar-refractivity contribution in [1.29, 1.82) is 0 Å². The molecule has 1 heterocycles. The van der Waals surface area contributed by atoms with E-state index in [1.165, 1.54) is 5.56 Å². The summed E-state index contributed by atoms with van der Waals surface area (Å²) in [6.07, 6.45) is 1.26. The zero-order valence-electron chi connectivity index (χ0n) is 11.2. The summed E-state index contributed by atoms with van der Waals surface area (Å²) < 4.78 is 1.77. The summed E-state index contributed by atoms with van der Waals surface area (Å²) in [6.45, 7) is 4.18. The van der Waals surface area contributed by atoms with Crippen molar-refractivity contribution >= 4 is 0 Å². The minimum Gasteiger partial charge on any atom is -0.382 e. The number of aliphatic hydroxyl groups excluding tert-OH is 1. The van der Waals surface area contributed by atoms with Crippen LogP contribution >= 0.6 is 0 Å². The monoisotopic (exact) mass is 244 g/mol. The molecule has 0 aliphatic rings. The maximum absolute atomic E-state index is 10.4. The van der Waals surface area contributed by atoms with Gasteiger partial charge in [0.15, 0.2) is 0 Å². The van der Waals surface area contributed by atoms with E-state index in [9.17, 15) is 5.11 Å². The maximum Gasteiger partial charge on any atom is 0.121 e. The van der Waals surface area contributed by atoms with Gasteiger partial charge >= 0.3 is 0 Å². The molecule has 0 amide bonds. The van der Waals surface area contributed by atoms with Crippen LogP contribution in [0.5, 0.6) is 0 Å². The van der Waals surface area contributed by atoms with Gasteiger partial charge in [0.05, 0.1) is 11.4 Å². The molecule has 0 spiro atoms. The molecule has 1 aromatic heterocycles. The van der Waals surface area contributed by atoms with Gasteiger partial charge in [-0.15, -0.1) is 0 Å². The highest BCUT2D eigenvalue weighted by Crippen LogP contribution is 2.23. The third kappa shape index (κ3) is 2.46. The summed E-state index contributed by atoms with van der Waals surface area (Å²) in [5, 5.41) is 14.8. The molecule has 0 aliphatic carbocycles. The van der Waals surface area contributed by atoms with Crippen LogP contribution < -0.4 is 0 Å². The van der Waals surface area contributed by atoms with E-state index in [-0.39, 0.29) is 0 Å². The Morgan fingerprint density at radius 2 is 2.00 bits per heavy atom. The molecule has 0 radical (unpaired) electrons. The van der Waals surface area contributed by atoms with Crippen LogP contribution in [0.3, 0.4) is 0 Å². The van der Waals surface area contributed by atoms with Crippen LogP contribution in [0.2, 0.25) is 0 Å². The van der Waals surface area contributed by atoms with Gasteiger partial charge in [-0.3, -0.25) is 4.68 Å². The summed E-state index contributed by atoms with van der Waals surface area (Å²) in [6, 6.07) is 10.1. The average Bonchev–Trinajstić information content (AvgIpc) is 2.79. The summed E-state index contributed by atoms with van der Waals surface area (Å²) in [5.74, 6) is 0. The highest BCUT2D eigenvalue weighted by molar-refractivity contribution is 5.30. The molecular weight excluding hydrogens is 224 g/mol. The van der Waals surface area contributed by atoms with Crippen molar-refractivity contribution in [2.75, 3.05) is 0 Å². The molecular formula is C15H20N2O. The molecule has 0 saturated carbocycles. The predicted molar refractivity (Wildman–Crippen MR) is 72.5 cm³/mol. The standard InChI is InChI=1S/C15H20N2O/c1-4-11-7-6-8-12(9-11)15(18)14-10-13(5-2)16-17(14)3/h6-10,15,18H,4-5H2,1-3H3. The first-order valence-electron chi connectivity index (χ1n) is 6.45. The molecule has 1 N–H and O–H groups in total. The maximum atomic E-state index is 10.4. The summed E-state index contributed by atoms with van der Waals surface area (Å²) >= 11 is 0. The zero-order chi connectivity index (χ0) is 13.1. The number of rotatable bonds is 4. The molecule has 1 unspecified atom stereocenters. The first-order valence-corrected chi connectivity index (χ1v) is 6.45. The molecule has 18 heavy (non-hydrogen) atoms. The highest BCUT2D eigenvalue weighted by atomic mass is 16.3. The van der Waals surface area contributed by atoms with Crippen molar-refractivity contribution in [2.45, 2.75) is 32.8 Å². The van der Waals surface area contributed by atoms with E-state index in [2.05, 4.69) is 31.1 Å². The molecule has 2 rings (SSSR count). The fourth-order valence-corrected chi connectivity index (χ4v) is 2.13. The molecule has 0 aliphatic heterocycles. The second-order valence-corrected chi connectivity index (χ2v) is 4.54. The number of nitrogens with zero attached hydrogens (tertiary/aromatic N) is 2. The SMILES string of the molecule is CCc1cccc(C(O)c2cc(CC)nn2C)c1. The van der Waals surface area contributed by atoms with Crippen LogP contribution in [0.25, 0.3) is 0 Å². The van der Waals surface area contributed by atoms with E-state index in [1.54, 1.807) is 4.68 Å². The third-order valence-electron chi connectivity index (χ3n) is 3.28. The normalized spacial score (nSPS) is 12.7. The van der Waals surface area contributed by atoms with E-state index in [1.807, 2.05) is 25.2 Å². The fraction of sp³-hybridized carbons (Fsp3) is 0.400. The average molecular weight is 244 g/mol. The van der Waals surface area contributed by atoms with E-state index in [4.69, 9.17) is 0 Å². The quantitative estimate of drug-likeness (QED) is 0.897. The largest absolute Gasteiger partial charge is 0.382 e. The van der Waals surface area contributed by atoms with E-state index < -0.39 is 6.10 Å². The number of benzene rings is 1. The van der Waals surface area contributed by atoms with Crippen LogP contribution in [0.1, 0.15) is 42.5 Å². The van der Waals surface area contributed by atoms with Gasteiger partial charge in [-0.25, -0.2) is 0 Å². The summed E-state index contributed by atoms with van der Waals surface area (Å²) in [5.41, 5.74) is 4.03. The molecule has 3 nitrogen and oxygen atoms in total. The zero-order valence-corrected chi connectivity index (χ0v) is 11.2. The topological polar surface area (TPSA) is 38.1 Å². The van der Waals surface area contributed by atoms with Crippen LogP contribution in [0.15, 0.2) is 30.3 Å². The Balaban J connectivity index is 2.34. The minimum absolute atomic E-state index is 0.603. The smallest absolute Gasteiger partial charge is 0.121 e. The van der Waals surface area contributed by atoms with Gasteiger partial charge in [0.2, 0.25) is 0 Å². The van der Waals surface area contributed by atoms with Crippen molar-refractivity contribution in [2.24, 2.45) is 7.05 Å². The molecule has 96 valence electrons. The van der Waals surface area contributed by atoms with Gasteiger partial charge in [0, 0.05) is 7.05 Å². The molecule has 0 fully saturated rings. The Morgan fingerprint density at radius 3 is 2.61 bits per heavy atom. The molecule has 1 aromatic carbocycles. The lowest BCUT2D eigenvalue weighted by Gasteiger charge is -2.12. The van der Waals surface area contributed by atoms with Crippen molar-refractivity contribution in [3.8, 4) is 0 Å². The molecule has 3 heteroatoms. The number of hydrogen-bond acceptors (Lipinski definition) is 2. The number of hydrogen-bond donors (Lipinski definition) is 1. The summed E-state index contributed by atoms with van der Waals surface area (Å²) in [4.78, 5) is 0. The summed E-state index contributed by atoms with van der Waals surface area (Å²) in [7, 11) is 1.88. The Bertz CT molecular complexity index is 531. The molecule has 2 aromatic rings. The van der Waals surface area contributed by atoms with E-state index in [0.29, 0.717) is 0 Å². The minimum atomic E-state index is -0.603. The van der Waals surface area contributed by atoms with Crippen molar-refractivity contribution in [3.05, 3.63) is 52.8 Å². The van der Waals surface area contributed by atoms with Gasteiger partial charge in [-0.1, -0.05) is 38.1 Å². The Hall–Kier alpha value is -1.61. The first-order chi connectivity index (χ1) is 8.65. The van der Waals surface area contributed by atoms with Crippen molar-refractivity contribution in [1.82, 2.24) is 9.78 Å². The predicted octanol–water partition coefficient (Wildman–Crippen LogP) is 2.63. The van der Waals surface area contributed by atoms with Crippen LogP contribution in [-0.4, -0.2) is 14.9 Å². The van der Waals surface area contributed by atoms with Crippen molar-refractivity contribution in [3.63, 3.8) is 0 Å². The Morgan fingerprint density at radius 1 is 1.22 bits per heavy atom. The highest BCUT2D eigenvalue weighted by Gasteiger charge is 2.15. The van der Waals surface area contributed by atoms with Gasteiger partial charge in [-0.05, 0) is 30.0 Å². The van der Waals surface area contributed by atoms with Crippen LogP contribution in [-0.2, 0) is 19.9 Å². The number of aryl methyl sites for hydroxylation is 3. The van der Waals surface area contributed by atoms with Gasteiger partial charge in [0.25, 0.3) is 0 Å². The second kappa shape index (κ2) is 5.36. The number of aliphatic hydroxyl groups is 1. The second-order valence-electron chi connectivity index (χ2n) is 4.54. The van der Waals surface area contributed by atoms with Gasteiger partial charge < -0.3 is 5.11 Å². The molecule has 1 atom stereocenters. The van der Waals surface area contributed by atoms with Crippen LogP contribution in [0.4, 0.5) is 0 Å². The Labute approximate surface area is 108 Å². The Kier molecular flexibility index (Phi) is 3.82. The van der Waals surface area contributed by atoms with Gasteiger partial charge in [-0.2, -0.15) is 5.10 Å². The van der Waals surface area contributed by atoms with E-state index >= 15 is 0 Å². The fourth-order valence-electron chi connectivity index (χ4n) is 2.13. The molecule has 0 saturated heterocycles. The number of aromatic nitrogens is 2. The van der Waals surface area contributed by atoms with E-state index in [0.717, 1.165) is 29.8 Å².